The lowest BCUT2D eigenvalue weighted by molar-refractivity contribution is -0.277. The van der Waals surface area contributed by atoms with E-state index in [1.165, 1.54) is 23.1 Å². The van der Waals surface area contributed by atoms with Gasteiger partial charge in [0.2, 0.25) is 11.5 Å². The van der Waals surface area contributed by atoms with Crippen molar-refractivity contribution >= 4 is 21.4 Å². The Balaban J connectivity index is 1.46. The van der Waals surface area contributed by atoms with E-state index in [4.69, 9.17) is 4.74 Å². The number of hydrogen-bond donors (Lipinski definition) is 1. The molecule has 1 unspecified atom stereocenters. The molecule has 0 radical (unpaired) electrons. The van der Waals surface area contributed by atoms with E-state index in [1.54, 1.807) is 12.3 Å². The molecule has 0 spiro atoms. The molecule has 4 aromatic rings. The molecule has 5 rings (SSSR count). The van der Waals surface area contributed by atoms with Crippen LogP contribution < -0.4 is 4.74 Å². The van der Waals surface area contributed by atoms with Gasteiger partial charge in [0.15, 0.2) is 0 Å². The van der Waals surface area contributed by atoms with E-state index in [2.05, 4.69) is 21.4 Å². The monoisotopic (exact) mass is 485 g/mol. The second-order valence-corrected chi connectivity index (χ2v) is 9.23. The van der Waals surface area contributed by atoms with Crippen molar-refractivity contribution in [1.29, 1.82) is 5.26 Å². The molecule has 1 aliphatic carbocycles. The average molecular weight is 485 g/mol. The number of thiophene rings is 1. The van der Waals surface area contributed by atoms with Crippen LogP contribution in [-0.2, 0) is 12.1 Å². The van der Waals surface area contributed by atoms with Crippen molar-refractivity contribution in [2.24, 2.45) is 5.92 Å². The van der Waals surface area contributed by atoms with Gasteiger partial charge in [-0.3, -0.25) is 0 Å². The summed E-state index contributed by atoms with van der Waals surface area (Å²) in [5.74, 6) is -0.425. The molecular formula is C23H18F3N5O2S. The average Bonchev–Trinajstić information content (AvgIpc) is 3.46. The molecule has 3 heterocycles. The van der Waals surface area contributed by atoms with Crippen LogP contribution in [0.15, 0.2) is 42.7 Å². The normalized spacial score (nSPS) is 15.8. The molecule has 1 aliphatic rings. The van der Waals surface area contributed by atoms with E-state index in [0.717, 1.165) is 33.0 Å². The van der Waals surface area contributed by atoms with Gasteiger partial charge in [0.25, 0.3) is 0 Å². The number of nitrogens with zero attached hydrogens (tertiary/aromatic N) is 5. The summed E-state index contributed by atoms with van der Waals surface area (Å²) >= 11 is 1.32. The number of halogens is 3. The molecule has 3 aromatic heterocycles. The molecule has 34 heavy (non-hydrogen) atoms. The maximum absolute atomic E-state index is 13.6. The Bertz CT molecular complexity index is 1400. The van der Waals surface area contributed by atoms with Gasteiger partial charge in [-0.15, -0.1) is 16.4 Å². The molecule has 0 amide bonds. The zero-order chi connectivity index (χ0) is 24.1. The number of hydrogen-bond acceptors (Lipinski definition) is 7. The topological polar surface area (TPSA) is 96.8 Å². The molecule has 1 saturated carbocycles. The van der Waals surface area contributed by atoms with E-state index in [-0.39, 0.29) is 6.54 Å². The first-order chi connectivity index (χ1) is 16.2. The van der Waals surface area contributed by atoms with E-state index in [1.807, 2.05) is 24.3 Å². The van der Waals surface area contributed by atoms with Crippen molar-refractivity contribution in [3.63, 3.8) is 0 Å². The van der Waals surface area contributed by atoms with Crippen molar-refractivity contribution < 1.29 is 23.0 Å². The Morgan fingerprint density at radius 2 is 2.06 bits per heavy atom. The van der Waals surface area contributed by atoms with Crippen LogP contribution in [0, 0.1) is 17.2 Å². The van der Waals surface area contributed by atoms with Gasteiger partial charge in [-0.2, -0.15) is 18.4 Å². The van der Waals surface area contributed by atoms with Crippen molar-refractivity contribution in [2.75, 3.05) is 7.11 Å². The molecule has 1 fully saturated rings. The highest BCUT2D eigenvalue weighted by molar-refractivity contribution is 7.20. The Labute approximate surface area is 196 Å². The lowest BCUT2D eigenvalue weighted by Gasteiger charge is -2.28. The highest BCUT2D eigenvalue weighted by Gasteiger charge is 2.64. The number of aliphatic hydroxyl groups is 1. The number of rotatable bonds is 6. The van der Waals surface area contributed by atoms with Gasteiger partial charge in [-0.05, 0) is 30.5 Å². The zero-order valence-electron chi connectivity index (χ0n) is 17.9. The smallest absolute Gasteiger partial charge is 0.423 e. The summed E-state index contributed by atoms with van der Waals surface area (Å²) < 4.78 is 48.0. The first-order valence-electron chi connectivity index (χ1n) is 10.4. The number of methoxy groups -OCH3 is 1. The number of fused-ring (bicyclic) bond motifs is 1. The lowest BCUT2D eigenvalue weighted by atomic mass is 9.93. The standard InChI is InChI=1S/C23H18F3N5O2S/c1-33-20-7-3-14(10-28-20)21-16-6-2-13(8-17(16)34-18(21)9-27)11-31-12-19(29-30-31)22(32,15-4-5-15)23(24,25)26/h2-3,6-8,10,12,15,32H,4-5,11H2,1H3. The Morgan fingerprint density at radius 1 is 1.26 bits per heavy atom. The minimum atomic E-state index is -4.83. The number of ether oxygens (including phenoxy) is 1. The van der Waals surface area contributed by atoms with Gasteiger partial charge in [-0.25, -0.2) is 9.67 Å². The molecule has 0 aliphatic heterocycles. The molecule has 11 heteroatoms. The number of nitriles is 1. The van der Waals surface area contributed by atoms with Crippen molar-refractivity contribution in [1.82, 2.24) is 20.0 Å². The second-order valence-electron chi connectivity index (χ2n) is 8.18. The highest BCUT2D eigenvalue weighted by atomic mass is 32.1. The number of benzene rings is 1. The second kappa shape index (κ2) is 8.07. The van der Waals surface area contributed by atoms with Crippen LogP contribution in [0.3, 0.4) is 0 Å². The molecule has 0 bridgehead atoms. The van der Waals surface area contributed by atoms with Crippen LogP contribution in [0.4, 0.5) is 13.2 Å². The predicted octanol–water partition coefficient (Wildman–Crippen LogP) is 4.64. The fourth-order valence-electron chi connectivity index (χ4n) is 4.08. The summed E-state index contributed by atoms with van der Waals surface area (Å²) in [5.41, 5.74) is -1.14. The fraction of sp³-hybridized carbons (Fsp3) is 0.304. The molecule has 1 atom stereocenters. The SMILES string of the molecule is COc1ccc(-c2c(C#N)sc3cc(Cn4cc(C(O)(C5CC5)C(F)(F)F)nn4)ccc23)cn1. The molecule has 1 aromatic carbocycles. The van der Waals surface area contributed by atoms with Gasteiger partial charge < -0.3 is 9.84 Å². The van der Waals surface area contributed by atoms with Crippen molar-refractivity contribution in [3.05, 3.63) is 58.9 Å². The van der Waals surface area contributed by atoms with Crippen molar-refractivity contribution in [2.45, 2.75) is 31.2 Å². The van der Waals surface area contributed by atoms with E-state index >= 15 is 0 Å². The maximum Gasteiger partial charge on any atom is 0.423 e. The molecule has 1 N–H and O–H groups in total. The van der Waals surface area contributed by atoms with Crippen LogP contribution in [0.2, 0.25) is 0 Å². The van der Waals surface area contributed by atoms with Crippen LogP contribution in [0.5, 0.6) is 5.88 Å². The molecule has 7 nitrogen and oxygen atoms in total. The van der Waals surface area contributed by atoms with Gasteiger partial charge in [0.05, 0.1) is 19.9 Å². The van der Waals surface area contributed by atoms with Crippen LogP contribution in [-0.4, -0.2) is 38.4 Å². The molecule has 0 saturated heterocycles. The van der Waals surface area contributed by atoms with E-state index < -0.39 is 23.4 Å². The predicted molar refractivity (Wildman–Crippen MR) is 118 cm³/mol. The van der Waals surface area contributed by atoms with Crippen LogP contribution >= 0.6 is 11.3 Å². The number of aromatic nitrogens is 4. The highest BCUT2D eigenvalue weighted by Crippen LogP contribution is 2.53. The van der Waals surface area contributed by atoms with Gasteiger partial charge in [-0.1, -0.05) is 17.3 Å². The van der Waals surface area contributed by atoms with E-state index in [9.17, 15) is 23.5 Å². The van der Waals surface area contributed by atoms with Crippen LogP contribution in [0.25, 0.3) is 21.2 Å². The summed E-state index contributed by atoms with van der Waals surface area (Å²) in [6.07, 6.45) is -1.44. The first-order valence-corrected chi connectivity index (χ1v) is 11.2. The van der Waals surface area contributed by atoms with Crippen LogP contribution in [0.1, 0.15) is 29.0 Å². The van der Waals surface area contributed by atoms with Gasteiger partial charge in [0.1, 0.15) is 16.6 Å². The summed E-state index contributed by atoms with van der Waals surface area (Å²) in [4.78, 5) is 4.75. The molecular weight excluding hydrogens is 467 g/mol. The van der Waals surface area contributed by atoms with Crippen molar-refractivity contribution in [3.8, 4) is 23.1 Å². The molecule has 174 valence electrons. The quantitative estimate of drug-likeness (QED) is 0.427. The third-order valence-electron chi connectivity index (χ3n) is 5.96. The summed E-state index contributed by atoms with van der Waals surface area (Å²) in [7, 11) is 1.53. The summed E-state index contributed by atoms with van der Waals surface area (Å²) in [5, 5.41) is 28.4. The summed E-state index contributed by atoms with van der Waals surface area (Å²) in [6.45, 7) is 0.167. The minimum Gasteiger partial charge on any atom is -0.481 e. The third kappa shape index (κ3) is 3.69. The zero-order valence-corrected chi connectivity index (χ0v) is 18.7. The number of alkyl halides is 3. The fourth-order valence-corrected chi connectivity index (χ4v) is 5.16. The third-order valence-corrected chi connectivity index (χ3v) is 7.02. The Hall–Kier alpha value is -3.49. The van der Waals surface area contributed by atoms with Gasteiger partial charge >= 0.3 is 6.18 Å². The number of pyridine rings is 1. The van der Waals surface area contributed by atoms with Gasteiger partial charge in [0, 0.05) is 39.4 Å². The summed E-state index contributed by atoms with van der Waals surface area (Å²) in [6, 6.07) is 11.4. The maximum atomic E-state index is 13.6. The largest absolute Gasteiger partial charge is 0.481 e. The lowest BCUT2D eigenvalue weighted by Crippen LogP contribution is -2.44. The first kappa shape index (κ1) is 22.3. The Kier molecular flexibility index (Phi) is 5.30. The Morgan fingerprint density at radius 3 is 2.68 bits per heavy atom. The van der Waals surface area contributed by atoms with E-state index in [0.29, 0.717) is 23.6 Å². The minimum absolute atomic E-state index is 0.167.